The molecule has 0 aliphatic rings. The fourth-order valence-electron chi connectivity index (χ4n) is 0.964. The molecular formula is C11H9ClO7-2. The summed E-state index contributed by atoms with van der Waals surface area (Å²) in [6.07, 6.45) is 0. The van der Waals surface area contributed by atoms with Crippen LogP contribution in [0.2, 0.25) is 0 Å². The van der Waals surface area contributed by atoms with Gasteiger partial charge in [-0.25, -0.2) is 4.79 Å². The van der Waals surface area contributed by atoms with Crippen LogP contribution >= 0.6 is 11.6 Å². The third kappa shape index (κ3) is 7.74. The Labute approximate surface area is 113 Å². The third-order valence-electron chi connectivity index (χ3n) is 1.68. The van der Waals surface area contributed by atoms with Crippen molar-refractivity contribution in [2.75, 3.05) is 13.2 Å². The molecule has 0 unspecified atom stereocenters. The van der Waals surface area contributed by atoms with Crippen molar-refractivity contribution in [1.82, 2.24) is 0 Å². The molecule has 8 heteroatoms. The first-order valence-electron chi connectivity index (χ1n) is 4.84. The van der Waals surface area contributed by atoms with Gasteiger partial charge in [-0.2, -0.15) is 0 Å². The number of carboxylic acid groups (broad SMARTS) is 2. The van der Waals surface area contributed by atoms with E-state index in [1.54, 1.807) is 0 Å². The number of ether oxygens (including phenoxy) is 1. The summed E-state index contributed by atoms with van der Waals surface area (Å²) in [6, 6.07) is 5.16. The topological polar surface area (TPSA) is 127 Å². The van der Waals surface area contributed by atoms with Crippen LogP contribution in [-0.2, 0) is 4.74 Å². The van der Waals surface area contributed by atoms with E-state index in [2.05, 4.69) is 16.3 Å². The summed E-state index contributed by atoms with van der Waals surface area (Å²) < 4.78 is 4.63. The molecule has 0 atom stereocenters. The lowest BCUT2D eigenvalue weighted by Gasteiger charge is -2.04. The van der Waals surface area contributed by atoms with Gasteiger partial charge in [0.2, 0.25) is 0 Å². The van der Waals surface area contributed by atoms with E-state index < -0.39 is 17.4 Å². The molecule has 19 heavy (non-hydrogen) atoms. The second-order valence-corrected chi connectivity index (χ2v) is 3.27. The first-order valence-corrected chi connectivity index (χ1v) is 5.22. The van der Waals surface area contributed by atoms with Crippen LogP contribution in [0.25, 0.3) is 0 Å². The second-order valence-electron chi connectivity index (χ2n) is 2.96. The molecule has 1 aromatic carbocycles. The maximum atomic E-state index is 11.2. The quantitative estimate of drug-likeness (QED) is 0.542. The number of hydrogen-bond donors (Lipinski definition) is 1. The number of rotatable bonds is 4. The number of halogens is 1. The Balaban J connectivity index is 0.000000711. The van der Waals surface area contributed by atoms with Gasteiger partial charge >= 0.3 is 5.97 Å². The van der Waals surface area contributed by atoms with Gasteiger partial charge in [0.1, 0.15) is 12.0 Å². The summed E-state index contributed by atoms with van der Waals surface area (Å²) in [5.41, 5.74) is -1.39. The number of aromatic carboxylic acids is 1. The van der Waals surface area contributed by atoms with E-state index in [9.17, 15) is 14.7 Å². The minimum atomic E-state index is -1.61. The number of hydrogen-bond acceptors (Lipinski definition) is 7. The number of carboxylic acids is 1. The van der Waals surface area contributed by atoms with Crippen molar-refractivity contribution in [3.8, 4) is 0 Å². The minimum absolute atomic E-state index is 0.00583. The maximum absolute atomic E-state index is 11.2. The molecule has 7 nitrogen and oxygen atoms in total. The van der Waals surface area contributed by atoms with Gasteiger partial charge in [-0.05, 0) is 17.7 Å². The van der Waals surface area contributed by atoms with E-state index >= 15 is 0 Å². The van der Waals surface area contributed by atoms with Crippen molar-refractivity contribution >= 4 is 29.0 Å². The molecule has 0 heterocycles. The fourth-order valence-corrected chi connectivity index (χ4v) is 0.964. The SMILES string of the molecule is O=C([O-])Cl.O=C([O-])c1ccc(C(=O)OCCO)cc1. The highest BCUT2D eigenvalue weighted by atomic mass is 35.5. The molecule has 0 saturated heterocycles. The highest BCUT2D eigenvalue weighted by Gasteiger charge is 2.06. The fraction of sp³-hybridized carbons (Fsp3) is 0.182. The lowest BCUT2D eigenvalue weighted by atomic mass is 10.1. The van der Waals surface area contributed by atoms with Gasteiger partial charge in [-0.3, -0.25) is 0 Å². The Morgan fingerprint density at radius 1 is 1.11 bits per heavy atom. The number of aliphatic hydroxyl groups is 1. The van der Waals surface area contributed by atoms with Crippen LogP contribution in [0.15, 0.2) is 24.3 Å². The average molecular weight is 289 g/mol. The van der Waals surface area contributed by atoms with E-state index in [-0.39, 0.29) is 24.3 Å². The van der Waals surface area contributed by atoms with Crippen molar-refractivity contribution in [2.24, 2.45) is 0 Å². The number of benzene rings is 1. The number of carbonyl (C=O) groups is 3. The van der Waals surface area contributed by atoms with Crippen molar-refractivity contribution < 1.29 is 34.4 Å². The highest BCUT2D eigenvalue weighted by Crippen LogP contribution is 2.05. The van der Waals surface area contributed by atoms with Gasteiger partial charge in [-0.1, -0.05) is 23.7 Å². The molecule has 0 bridgehead atoms. The summed E-state index contributed by atoms with van der Waals surface area (Å²) in [5.74, 6) is -1.90. The van der Waals surface area contributed by atoms with Gasteiger partial charge in [0.15, 0.2) is 0 Å². The van der Waals surface area contributed by atoms with E-state index in [1.807, 2.05) is 0 Å². The zero-order valence-corrected chi connectivity index (χ0v) is 10.3. The van der Waals surface area contributed by atoms with E-state index in [1.165, 1.54) is 24.3 Å². The molecule has 0 aliphatic carbocycles. The molecule has 0 amide bonds. The second kappa shape index (κ2) is 8.90. The molecule has 1 N–H and O–H groups in total. The first-order chi connectivity index (χ1) is 8.88. The number of esters is 1. The van der Waals surface area contributed by atoms with Crippen LogP contribution in [0.4, 0.5) is 4.79 Å². The largest absolute Gasteiger partial charge is 0.545 e. The molecule has 1 aromatic rings. The van der Waals surface area contributed by atoms with Crippen molar-refractivity contribution in [3.05, 3.63) is 35.4 Å². The summed E-state index contributed by atoms with van der Waals surface area (Å²) >= 11 is 4.08. The Hall–Kier alpha value is -2.12. The molecular weight excluding hydrogens is 280 g/mol. The Morgan fingerprint density at radius 2 is 1.53 bits per heavy atom. The number of carbonyl (C=O) groups excluding carboxylic acids is 3. The number of aliphatic hydroxyl groups excluding tert-OH is 1. The van der Waals surface area contributed by atoms with Gasteiger partial charge in [-0.15, -0.1) is 0 Å². The summed E-state index contributed by atoms with van der Waals surface area (Å²) in [4.78, 5) is 30.2. The molecule has 0 fully saturated rings. The molecule has 1 rings (SSSR count). The molecule has 0 spiro atoms. The van der Waals surface area contributed by atoms with Gasteiger partial charge in [0.05, 0.1) is 18.1 Å². The predicted octanol–water partition coefficient (Wildman–Crippen LogP) is -1.23. The van der Waals surface area contributed by atoms with Gasteiger partial charge < -0.3 is 29.6 Å². The Morgan fingerprint density at radius 3 is 1.89 bits per heavy atom. The zero-order chi connectivity index (χ0) is 14.8. The van der Waals surface area contributed by atoms with Crippen molar-refractivity contribution in [3.63, 3.8) is 0 Å². The van der Waals surface area contributed by atoms with Crippen LogP contribution in [0.5, 0.6) is 0 Å². The maximum Gasteiger partial charge on any atom is 0.338 e. The molecule has 0 aromatic heterocycles. The van der Waals surface area contributed by atoms with Crippen molar-refractivity contribution in [1.29, 1.82) is 0 Å². The molecule has 0 aliphatic heterocycles. The summed E-state index contributed by atoms with van der Waals surface area (Å²) in [6.45, 7) is -0.329. The Kier molecular flexibility index (Phi) is 7.90. The predicted molar refractivity (Wildman–Crippen MR) is 59.4 cm³/mol. The van der Waals surface area contributed by atoms with Crippen LogP contribution in [0.1, 0.15) is 20.7 Å². The lowest BCUT2D eigenvalue weighted by molar-refractivity contribution is -0.255. The third-order valence-corrected chi connectivity index (χ3v) is 1.68. The molecule has 0 radical (unpaired) electrons. The average Bonchev–Trinajstić information content (AvgIpc) is 2.35. The monoisotopic (exact) mass is 288 g/mol. The van der Waals surface area contributed by atoms with Crippen LogP contribution in [-0.4, -0.2) is 35.7 Å². The first kappa shape index (κ1) is 16.9. The minimum Gasteiger partial charge on any atom is -0.545 e. The van der Waals surface area contributed by atoms with Crippen LogP contribution in [0.3, 0.4) is 0 Å². The van der Waals surface area contributed by atoms with Gasteiger partial charge in [0, 0.05) is 0 Å². The molecule has 104 valence electrons. The van der Waals surface area contributed by atoms with Crippen LogP contribution < -0.4 is 10.2 Å². The normalized spacial score (nSPS) is 8.95. The lowest BCUT2D eigenvalue weighted by Crippen LogP contribution is -2.22. The van der Waals surface area contributed by atoms with Crippen LogP contribution in [0, 0.1) is 0 Å². The van der Waals surface area contributed by atoms with Gasteiger partial charge in [0.25, 0.3) is 0 Å². The standard InChI is InChI=1S/C10H10O5.CHClO2/c11-5-6-15-10(14)8-3-1-7(2-4-8)9(12)13;2-1(3)4/h1-4,11H,5-6H2,(H,12,13);(H,3,4)/p-2. The van der Waals surface area contributed by atoms with E-state index in [0.717, 1.165) is 0 Å². The van der Waals surface area contributed by atoms with Crippen molar-refractivity contribution in [2.45, 2.75) is 0 Å². The highest BCUT2D eigenvalue weighted by molar-refractivity contribution is 6.59. The summed E-state index contributed by atoms with van der Waals surface area (Å²) in [5, 5.41) is 27.5. The zero-order valence-electron chi connectivity index (χ0n) is 9.50. The Bertz CT molecular complexity index is 437. The van der Waals surface area contributed by atoms with E-state index in [0.29, 0.717) is 0 Å². The molecule has 0 saturated carbocycles. The summed E-state index contributed by atoms with van der Waals surface area (Å²) in [7, 11) is 0. The van der Waals surface area contributed by atoms with E-state index in [4.69, 9.17) is 15.0 Å². The smallest absolute Gasteiger partial charge is 0.338 e.